The molecule has 3 nitrogen and oxygen atoms in total. The largest absolute Gasteiger partial charge is 0.369 e. The van der Waals surface area contributed by atoms with Crippen LogP contribution in [0.15, 0.2) is 24.3 Å². The third kappa shape index (κ3) is 2.01. The molecular formula is C16H20N2O. The van der Waals surface area contributed by atoms with Crippen molar-refractivity contribution in [3.63, 3.8) is 0 Å². The van der Waals surface area contributed by atoms with Gasteiger partial charge < -0.3 is 10.2 Å². The minimum Gasteiger partial charge on any atom is -0.369 e. The number of fused-ring (bicyclic) bond motifs is 2. The number of hydrogen-bond acceptors (Lipinski definition) is 2. The van der Waals surface area contributed by atoms with Crippen LogP contribution in [0.5, 0.6) is 0 Å². The van der Waals surface area contributed by atoms with Gasteiger partial charge in [0.1, 0.15) is 0 Å². The molecule has 3 heteroatoms. The molecule has 100 valence electrons. The number of anilines is 1. The number of nitrogens with one attached hydrogen (secondary N) is 1. The first-order chi connectivity index (χ1) is 9.31. The Kier molecular flexibility index (Phi) is 2.54. The van der Waals surface area contributed by atoms with E-state index < -0.39 is 0 Å². The third-order valence-corrected chi connectivity index (χ3v) is 4.98. The van der Waals surface area contributed by atoms with Gasteiger partial charge in [-0.3, -0.25) is 4.79 Å². The summed E-state index contributed by atoms with van der Waals surface area (Å²) in [4.78, 5) is 14.4. The average Bonchev–Trinajstić information content (AvgIpc) is 3.08. The minimum absolute atomic E-state index is 0.0763. The summed E-state index contributed by atoms with van der Waals surface area (Å²) in [5.74, 6) is 2.98. The van der Waals surface area contributed by atoms with E-state index in [0.29, 0.717) is 0 Å². The van der Waals surface area contributed by atoms with E-state index in [0.717, 1.165) is 48.6 Å². The Balaban J connectivity index is 1.57. The van der Waals surface area contributed by atoms with E-state index in [1.165, 1.54) is 19.3 Å². The van der Waals surface area contributed by atoms with Crippen LogP contribution in [0.4, 0.5) is 5.69 Å². The summed E-state index contributed by atoms with van der Waals surface area (Å²) in [6.07, 6.45) is 4.29. The maximum Gasteiger partial charge on any atom is 0.253 e. The van der Waals surface area contributed by atoms with Gasteiger partial charge in [-0.25, -0.2) is 0 Å². The molecule has 1 N–H and O–H groups in total. The zero-order valence-corrected chi connectivity index (χ0v) is 11.1. The lowest BCUT2D eigenvalue weighted by atomic mass is 10.0. The van der Waals surface area contributed by atoms with Crippen LogP contribution in [0.25, 0.3) is 0 Å². The molecule has 1 aromatic carbocycles. The SMILES string of the molecule is O=C1NCCN(CC2CC3CC3C2)c2ccccc21. The summed E-state index contributed by atoms with van der Waals surface area (Å²) in [7, 11) is 0. The van der Waals surface area contributed by atoms with Crippen molar-refractivity contribution in [2.75, 3.05) is 24.5 Å². The molecule has 1 heterocycles. The molecule has 4 rings (SSSR count). The molecule has 0 saturated heterocycles. The molecular weight excluding hydrogens is 236 g/mol. The summed E-state index contributed by atoms with van der Waals surface area (Å²) in [5.41, 5.74) is 1.96. The number of hydrogen-bond donors (Lipinski definition) is 1. The van der Waals surface area contributed by atoms with Gasteiger partial charge in [0.2, 0.25) is 0 Å². The van der Waals surface area contributed by atoms with Crippen LogP contribution in [0.2, 0.25) is 0 Å². The van der Waals surface area contributed by atoms with Crippen LogP contribution >= 0.6 is 0 Å². The van der Waals surface area contributed by atoms with Crippen LogP contribution in [0.1, 0.15) is 29.6 Å². The smallest absolute Gasteiger partial charge is 0.253 e. The molecule has 0 spiro atoms. The molecule has 2 aliphatic carbocycles. The summed E-state index contributed by atoms with van der Waals surface area (Å²) >= 11 is 0. The number of benzene rings is 1. The van der Waals surface area contributed by atoms with Crippen molar-refractivity contribution in [2.24, 2.45) is 17.8 Å². The van der Waals surface area contributed by atoms with Crippen LogP contribution in [-0.2, 0) is 0 Å². The van der Waals surface area contributed by atoms with Gasteiger partial charge in [-0.2, -0.15) is 0 Å². The summed E-state index contributed by atoms with van der Waals surface area (Å²) in [6, 6.07) is 8.02. The second-order valence-corrected chi connectivity index (χ2v) is 6.31. The molecule has 0 radical (unpaired) electrons. The Hall–Kier alpha value is -1.51. The molecule has 2 fully saturated rings. The molecule has 1 aliphatic heterocycles. The topological polar surface area (TPSA) is 32.3 Å². The van der Waals surface area contributed by atoms with Gasteiger partial charge in [0.25, 0.3) is 5.91 Å². The Bertz CT molecular complexity index is 503. The number of para-hydroxylation sites is 1. The number of amides is 1. The Morgan fingerprint density at radius 2 is 1.95 bits per heavy atom. The number of carbonyl (C=O) groups is 1. The van der Waals surface area contributed by atoms with E-state index in [2.05, 4.69) is 16.3 Å². The van der Waals surface area contributed by atoms with Gasteiger partial charge in [0.05, 0.1) is 5.56 Å². The van der Waals surface area contributed by atoms with Crippen LogP contribution in [0, 0.1) is 17.8 Å². The van der Waals surface area contributed by atoms with Crippen molar-refractivity contribution in [1.29, 1.82) is 0 Å². The molecule has 3 aliphatic rings. The fourth-order valence-corrected chi connectivity index (χ4v) is 3.95. The number of carbonyl (C=O) groups excluding carboxylic acids is 1. The van der Waals surface area contributed by atoms with Crippen LogP contribution in [0.3, 0.4) is 0 Å². The quantitative estimate of drug-likeness (QED) is 0.880. The number of nitrogens with zero attached hydrogens (tertiary/aromatic N) is 1. The first kappa shape index (κ1) is 11.3. The predicted octanol–water partition coefficient (Wildman–Crippen LogP) is 2.28. The van der Waals surface area contributed by atoms with E-state index in [-0.39, 0.29) is 5.91 Å². The summed E-state index contributed by atoms with van der Waals surface area (Å²) < 4.78 is 0. The fraction of sp³-hybridized carbons (Fsp3) is 0.562. The molecule has 19 heavy (non-hydrogen) atoms. The molecule has 0 bridgehead atoms. The van der Waals surface area contributed by atoms with E-state index in [9.17, 15) is 4.79 Å². The van der Waals surface area contributed by atoms with E-state index >= 15 is 0 Å². The Labute approximate surface area is 114 Å². The zero-order valence-electron chi connectivity index (χ0n) is 11.1. The highest BCUT2D eigenvalue weighted by molar-refractivity contribution is 6.00. The van der Waals surface area contributed by atoms with Gasteiger partial charge in [-0.15, -0.1) is 0 Å². The average molecular weight is 256 g/mol. The molecule has 1 aromatic rings. The third-order valence-electron chi connectivity index (χ3n) is 4.98. The molecule has 0 aromatic heterocycles. The van der Waals surface area contributed by atoms with Crippen molar-refractivity contribution < 1.29 is 4.79 Å². The number of rotatable bonds is 2. The van der Waals surface area contributed by atoms with E-state index in [1.807, 2.05) is 18.2 Å². The van der Waals surface area contributed by atoms with Crippen LogP contribution in [-0.4, -0.2) is 25.5 Å². The van der Waals surface area contributed by atoms with Crippen molar-refractivity contribution in [1.82, 2.24) is 5.32 Å². The summed E-state index contributed by atoms with van der Waals surface area (Å²) in [6.45, 7) is 2.82. The second kappa shape index (κ2) is 4.26. The molecule has 1 amide bonds. The Morgan fingerprint density at radius 3 is 2.79 bits per heavy atom. The van der Waals surface area contributed by atoms with Gasteiger partial charge >= 0.3 is 0 Å². The lowest BCUT2D eigenvalue weighted by molar-refractivity contribution is 0.0958. The maximum atomic E-state index is 12.0. The van der Waals surface area contributed by atoms with Crippen molar-refractivity contribution in [2.45, 2.75) is 19.3 Å². The van der Waals surface area contributed by atoms with Crippen molar-refractivity contribution >= 4 is 11.6 Å². The molecule has 2 atom stereocenters. The first-order valence-electron chi connectivity index (χ1n) is 7.43. The zero-order chi connectivity index (χ0) is 12.8. The van der Waals surface area contributed by atoms with Gasteiger partial charge in [0.15, 0.2) is 0 Å². The lowest BCUT2D eigenvalue weighted by Crippen LogP contribution is -2.33. The van der Waals surface area contributed by atoms with Gasteiger partial charge in [0, 0.05) is 25.3 Å². The fourth-order valence-electron chi connectivity index (χ4n) is 3.95. The van der Waals surface area contributed by atoms with Crippen LogP contribution < -0.4 is 10.2 Å². The molecule has 2 saturated carbocycles. The highest BCUT2D eigenvalue weighted by Crippen LogP contribution is 2.54. The summed E-state index contributed by atoms with van der Waals surface area (Å²) in [5, 5.41) is 2.99. The Morgan fingerprint density at radius 1 is 1.16 bits per heavy atom. The predicted molar refractivity (Wildman–Crippen MR) is 75.3 cm³/mol. The normalized spacial score (nSPS) is 32.3. The lowest BCUT2D eigenvalue weighted by Gasteiger charge is -2.27. The first-order valence-corrected chi connectivity index (χ1v) is 7.43. The maximum absolute atomic E-state index is 12.0. The van der Waals surface area contributed by atoms with Crippen molar-refractivity contribution in [3.8, 4) is 0 Å². The van der Waals surface area contributed by atoms with Gasteiger partial charge in [-0.05, 0) is 49.1 Å². The second-order valence-electron chi connectivity index (χ2n) is 6.31. The highest BCUT2D eigenvalue weighted by atomic mass is 16.1. The molecule has 2 unspecified atom stereocenters. The van der Waals surface area contributed by atoms with E-state index in [1.54, 1.807) is 0 Å². The monoisotopic (exact) mass is 256 g/mol. The standard InChI is InChI=1S/C16H20N2O/c19-16-14-3-1-2-4-15(14)18(6-5-17-16)10-11-7-12-9-13(12)8-11/h1-4,11-13H,5-10H2,(H,17,19). The highest BCUT2D eigenvalue weighted by Gasteiger charge is 2.46. The van der Waals surface area contributed by atoms with Crippen molar-refractivity contribution in [3.05, 3.63) is 29.8 Å². The van der Waals surface area contributed by atoms with Gasteiger partial charge in [-0.1, -0.05) is 12.1 Å². The minimum atomic E-state index is 0.0763. The van der Waals surface area contributed by atoms with E-state index in [4.69, 9.17) is 0 Å².